The van der Waals surface area contributed by atoms with Crippen LogP contribution in [-0.2, 0) is 15.1 Å². The van der Waals surface area contributed by atoms with Gasteiger partial charge in [0.25, 0.3) is 0 Å². The molecule has 0 fully saturated rings. The number of halogens is 6. The quantitative estimate of drug-likeness (QED) is 0.362. The van der Waals surface area contributed by atoms with Crippen LogP contribution in [0.25, 0.3) is 5.57 Å². The van der Waals surface area contributed by atoms with Crippen LogP contribution in [0, 0.1) is 6.92 Å². The van der Waals surface area contributed by atoms with Crippen molar-refractivity contribution >= 4 is 17.4 Å². The second kappa shape index (κ2) is 11.0. The predicted octanol–water partition coefficient (Wildman–Crippen LogP) is 5.32. The molecule has 1 aromatic carbocycles. The van der Waals surface area contributed by atoms with Crippen LogP contribution in [0.15, 0.2) is 48.2 Å². The molecule has 206 valence electrons. The molecule has 1 atom stereocenters. The number of carbonyl (C=O) groups is 2. The number of carbonyl (C=O) groups excluding carboxylic acids is 2. The summed E-state index contributed by atoms with van der Waals surface area (Å²) in [6, 6.07) is 7.87. The van der Waals surface area contributed by atoms with E-state index in [0.29, 0.717) is 0 Å². The fraction of sp³-hybridized carbons (Fsp3) is 0.423. The van der Waals surface area contributed by atoms with Crippen molar-refractivity contribution in [3.05, 3.63) is 65.0 Å². The molecule has 12 heteroatoms. The Kier molecular flexibility index (Phi) is 8.42. The summed E-state index contributed by atoms with van der Waals surface area (Å²) in [4.78, 5) is 30.5. The Bertz CT molecular complexity index is 1190. The smallest absolute Gasteiger partial charge is 0.416 e. The largest absolute Gasteiger partial charge is 0.494 e. The van der Waals surface area contributed by atoms with Crippen molar-refractivity contribution in [3.8, 4) is 5.75 Å². The number of nitrogens with one attached hydrogen (secondary N) is 1. The number of alkyl halides is 6. The topological polar surface area (TPSA) is 71.5 Å². The Morgan fingerprint density at radius 3 is 2.29 bits per heavy atom. The number of ether oxygens (including phenoxy) is 1. The minimum Gasteiger partial charge on any atom is -0.494 e. The molecule has 1 aromatic heterocycles. The molecule has 0 saturated heterocycles. The molecule has 38 heavy (non-hydrogen) atoms. The van der Waals surface area contributed by atoms with Crippen LogP contribution in [-0.4, -0.2) is 54.3 Å². The van der Waals surface area contributed by atoms with Gasteiger partial charge in [0.15, 0.2) is 5.54 Å². The van der Waals surface area contributed by atoms with Gasteiger partial charge in [0, 0.05) is 38.6 Å². The fourth-order valence-corrected chi connectivity index (χ4v) is 4.04. The summed E-state index contributed by atoms with van der Waals surface area (Å²) in [5.74, 6) is -1.28. The number of amides is 2. The summed E-state index contributed by atoms with van der Waals surface area (Å²) in [5.41, 5.74) is -2.13. The standard InChI is InChI=1S/C26H27F6N3O3/c1-16-5-10-22(33-14-16)20-13-24(26(30,31)32,34-23(37)21(20)15-35(3)17(2)36)18-6-8-19(9-7-18)38-12-4-11-25(27,28)29/h5-10,14H,4,11-13,15H2,1-3H3,(H,34,37)/t24-/m0/s1. The van der Waals surface area contributed by atoms with E-state index in [9.17, 15) is 35.9 Å². The van der Waals surface area contributed by atoms with E-state index >= 15 is 0 Å². The van der Waals surface area contributed by atoms with Crippen LogP contribution in [0.3, 0.4) is 0 Å². The molecule has 0 spiro atoms. The number of nitrogens with zero attached hydrogens (tertiary/aromatic N) is 2. The van der Waals surface area contributed by atoms with Crippen LogP contribution in [0.1, 0.15) is 43.0 Å². The molecule has 2 heterocycles. The van der Waals surface area contributed by atoms with E-state index in [-0.39, 0.29) is 53.6 Å². The number of hydrogen-bond acceptors (Lipinski definition) is 4. The molecular formula is C26H27F6N3O3. The van der Waals surface area contributed by atoms with Crippen molar-refractivity contribution < 1.29 is 40.7 Å². The van der Waals surface area contributed by atoms with Crippen molar-refractivity contribution in [1.82, 2.24) is 15.2 Å². The van der Waals surface area contributed by atoms with E-state index in [2.05, 4.69) is 10.3 Å². The van der Waals surface area contributed by atoms with Crippen molar-refractivity contribution in [3.63, 3.8) is 0 Å². The first kappa shape index (κ1) is 29.0. The van der Waals surface area contributed by atoms with Gasteiger partial charge in [0.05, 0.1) is 18.8 Å². The predicted molar refractivity (Wildman–Crippen MR) is 127 cm³/mol. The zero-order valence-electron chi connectivity index (χ0n) is 21.0. The maximum Gasteiger partial charge on any atom is 0.416 e. The van der Waals surface area contributed by atoms with Crippen molar-refractivity contribution in [2.45, 2.75) is 51.0 Å². The van der Waals surface area contributed by atoms with Crippen LogP contribution in [0.2, 0.25) is 0 Å². The van der Waals surface area contributed by atoms with Gasteiger partial charge in [-0.2, -0.15) is 26.3 Å². The number of pyridine rings is 1. The maximum absolute atomic E-state index is 14.7. The van der Waals surface area contributed by atoms with E-state index in [1.165, 1.54) is 43.3 Å². The first-order valence-electron chi connectivity index (χ1n) is 11.7. The minimum absolute atomic E-state index is 0.0106. The Labute approximate surface area is 215 Å². The fourth-order valence-electron chi connectivity index (χ4n) is 4.04. The van der Waals surface area contributed by atoms with Crippen molar-refractivity contribution in [1.29, 1.82) is 0 Å². The van der Waals surface area contributed by atoms with Crippen LogP contribution >= 0.6 is 0 Å². The van der Waals surface area contributed by atoms with Gasteiger partial charge in [-0.15, -0.1) is 0 Å². The highest BCUT2D eigenvalue weighted by Crippen LogP contribution is 2.48. The number of benzene rings is 1. The molecule has 3 rings (SSSR count). The molecule has 1 N–H and O–H groups in total. The summed E-state index contributed by atoms with van der Waals surface area (Å²) < 4.78 is 86.4. The average molecular weight is 544 g/mol. The third kappa shape index (κ3) is 6.65. The average Bonchev–Trinajstić information content (AvgIpc) is 2.82. The first-order valence-corrected chi connectivity index (χ1v) is 11.7. The highest BCUT2D eigenvalue weighted by molar-refractivity contribution is 6.04. The normalized spacial score (nSPS) is 18.3. The van der Waals surface area contributed by atoms with Crippen LogP contribution < -0.4 is 10.1 Å². The number of aromatic nitrogens is 1. The lowest BCUT2D eigenvalue weighted by atomic mass is 9.77. The van der Waals surface area contributed by atoms with Gasteiger partial charge in [-0.05, 0) is 48.2 Å². The van der Waals surface area contributed by atoms with E-state index in [1.54, 1.807) is 13.0 Å². The third-order valence-electron chi connectivity index (χ3n) is 6.26. The summed E-state index contributed by atoms with van der Waals surface area (Å²) in [7, 11) is 1.43. The van der Waals surface area contributed by atoms with Crippen molar-refractivity contribution in [2.24, 2.45) is 0 Å². The van der Waals surface area contributed by atoms with Gasteiger partial charge in [-0.25, -0.2) is 0 Å². The number of likely N-dealkylation sites (N-methyl/N-ethyl adjacent to an activating group) is 1. The van der Waals surface area contributed by atoms with Gasteiger partial charge >= 0.3 is 12.4 Å². The summed E-state index contributed by atoms with van der Waals surface area (Å²) in [5, 5.41) is 2.13. The minimum atomic E-state index is -4.94. The number of rotatable bonds is 8. The Hall–Kier alpha value is -3.57. The lowest BCUT2D eigenvalue weighted by molar-refractivity contribution is -0.201. The Balaban J connectivity index is 2.00. The number of hydrogen-bond donors (Lipinski definition) is 1. The summed E-state index contributed by atoms with van der Waals surface area (Å²) in [6.07, 6.45) is -9.83. The SMILES string of the molecule is CC(=O)N(C)CC1=C(c2ccc(C)cn2)C[C@](c2ccc(OCCCC(F)(F)F)cc2)(C(F)(F)F)NC1=O. The molecule has 0 radical (unpaired) electrons. The lowest BCUT2D eigenvalue weighted by Gasteiger charge is -2.42. The maximum atomic E-state index is 14.7. The second-order valence-electron chi connectivity index (χ2n) is 9.18. The second-order valence-corrected chi connectivity index (χ2v) is 9.18. The van der Waals surface area contributed by atoms with Gasteiger partial charge in [0.1, 0.15) is 5.75 Å². The molecular weight excluding hydrogens is 516 g/mol. The van der Waals surface area contributed by atoms with E-state index < -0.39 is 36.6 Å². The third-order valence-corrected chi connectivity index (χ3v) is 6.26. The van der Waals surface area contributed by atoms with E-state index in [1.807, 2.05) is 0 Å². The highest BCUT2D eigenvalue weighted by Gasteiger charge is 2.59. The van der Waals surface area contributed by atoms with E-state index in [0.717, 1.165) is 17.7 Å². The van der Waals surface area contributed by atoms with Gasteiger partial charge in [0.2, 0.25) is 11.8 Å². The van der Waals surface area contributed by atoms with Gasteiger partial charge in [-0.3, -0.25) is 14.6 Å². The molecule has 2 aromatic rings. The van der Waals surface area contributed by atoms with Gasteiger partial charge in [-0.1, -0.05) is 18.2 Å². The lowest BCUT2D eigenvalue weighted by Crippen LogP contribution is -2.59. The molecule has 1 aliphatic rings. The molecule has 0 aliphatic carbocycles. The number of aryl methyl sites for hydroxylation is 1. The Morgan fingerprint density at radius 1 is 1.11 bits per heavy atom. The van der Waals surface area contributed by atoms with Crippen LogP contribution in [0.4, 0.5) is 26.3 Å². The molecule has 2 amide bonds. The zero-order chi connectivity index (χ0) is 28.3. The monoisotopic (exact) mass is 543 g/mol. The van der Waals surface area contributed by atoms with Crippen molar-refractivity contribution in [2.75, 3.05) is 20.2 Å². The molecule has 1 aliphatic heterocycles. The van der Waals surface area contributed by atoms with Crippen LogP contribution in [0.5, 0.6) is 5.75 Å². The molecule has 0 unspecified atom stereocenters. The highest BCUT2D eigenvalue weighted by atomic mass is 19.4. The van der Waals surface area contributed by atoms with Gasteiger partial charge < -0.3 is 15.0 Å². The summed E-state index contributed by atoms with van der Waals surface area (Å²) in [6.45, 7) is 2.55. The zero-order valence-corrected chi connectivity index (χ0v) is 21.0. The molecule has 0 saturated carbocycles. The first-order chi connectivity index (χ1) is 17.6. The van der Waals surface area contributed by atoms with E-state index in [4.69, 9.17) is 4.74 Å². The molecule has 0 bridgehead atoms. The Morgan fingerprint density at radius 2 is 1.76 bits per heavy atom. The summed E-state index contributed by atoms with van der Waals surface area (Å²) >= 11 is 0. The molecule has 6 nitrogen and oxygen atoms in total.